The molecule has 0 radical (unpaired) electrons. The molecule has 0 aliphatic carbocycles. The van der Waals surface area contributed by atoms with E-state index in [4.69, 9.17) is 0 Å². The molecule has 1 unspecified atom stereocenters. The molecule has 0 aromatic heterocycles. The minimum atomic E-state index is -1.67. The van der Waals surface area contributed by atoms with E-state index in [2.05, 4.69) is 6.92 Å². The minimum absolute atomic E-state index is 0.862. The third-order valence-electron chi connectivity index (χ3n) is 1.37. The van der Waals surface area contributed by atoms with Crippen LogP contribution in [0.2, 0.25) is 0 Å². The van der Waals surface area contributed by atoms with E-state index in [-0.39, 0.29) is 0 Å². The van der Waals surface area contributed by atoms with Gasteiger partial charge in [-0.3, -0.25) is 0 Å². The lowest BCUT2D eigenvalue weighted by molar-refractivity contribution is 0.578. The van der Waals surface area contributed by atoms with Gasteiger partial charge >= 0.3 is 0 Å². The van der Waals surface area contributed by atoms with Crippen molar-refractivity contribution < 1.29 is 4.57 Å². The maximum absolute atomic E-state index is 11.2. The largest absolute Gasteiger partial charge is 0.324 e. The van der Waals surface area contributed by atoms with Crippen molar-refractivity contribution in [1.82, 2.24) is 0 Å². The van der Waals surface area contributed by atoms with E-state index in [1.807, 2.05) is 13.6 Å². The molecule has 0 fully saturated rings. The van der Waals surface area contributed by atoms with Gasteiger partial charge in [0.05, 0.1) is 7.14 Å². The highest BCUT2D eigenvalue weighted by atomic mass is 31.2. The zero-order valence-corrected chi connectivity index (χ0v) is 6.87. The van der Waals surface area contributed by atoms with Crippen LogP contribution in [0.4, 0.5) is 0 Å². The van der Waals surface area contributed by atoms with Crippen LogP contribution in [0, 0.1) is 0 Å². The Labute approximate surface area is 51.9 Å². The molecule has 1 atom stereocenters. The van der Waals surface area contributed by atoms with E-state index in [9.17, 15) is 4.57 Å². The number of hydrogen-bond acceptors (Lipinski definition) is 1. The molecule has 0 bridgehead atoms. The molecular formula is C6H15OP. The van der Waals surface area contributed by atoms with Crippen molar-refractivity contribution in [3.8, 4) is 0 Å². The lowest BCUT2D eigenvalue weighted by Crippen LogP contribution is -1.87. The summed E-state index contributed by atoms with van der Waals surface area (Å²) < 4.78 is 11.2. The normalized spacial score (nSPS) is 17.9. The van der Waals surface area contributed by atoms with Crippen molar-refractivity contribution in [2.45, 2.75) is 20.3 Å². The zero-order valence-electron chi connectivity index (χ0n) is 5.98. The van der Waals surface area contributed by atoms with Gasteiger partial charge in [0, 0.05) is 6.16 Å². The Morgan fingerprint density at radius 1 is 1.38 bits per heavy atom. The number of hydrogen-bond donors (Lipinski definition) is 0. The Hall–Kier alpha value is 0.230. The quantitative estimate of drug-likeness (QED) is 0.542. The molecule has 0 aliphatic rings. The van der Waals surface area contributed by atoms with Crippen LogP contribution in [0.1, 0.15) is 20.3 Å². The van der Waals surface area contributed by atoms with E-state index in [1.165, 1.54) is 0 Å². The third-order valence-corrected chi connectivity index (χ3v) is 4.10. The maximum Gasteiger partial charge on any atom is 0.0845 e. The molecule has 0 aliphatic heterocycles. The predicted molar refractivity (Wildman–Crippen MR) is 39.2 cm³/mol. The summed E-state index contributed by atoms with van der Waals surface area (Å²) in [4.78, 5) is 0. The van der Waals surface area contributed by atoms with Crippen molar-refractivity contribution in [3.05, 3.63) is 0 Å². The molecule has 0 amide bonds. The van der Waals surface area contributed by atoms with E-state index in [1.54, 1.807) is 0 Å². The fourth-order valence-electron chi connectivity index (χ4n) is 0.631. The molecule has 0 N–H and O–H groups in total. The van der Waals surface area contributed by atoms with Gasteiger partial charge in [-0.2, -0.15) is 0 Å². The SMILES string of the molecule is CCCP(C)(=O)CC. The summed E-state index contributed by atoms with van der Waals surface area (Å²) in [5.41, 5.74) is 0. The van der Waals surface area contributed by atoms with Crippen molar-refractivity contribution in [1.29, 1.82) is 0 Å². The highest BCUT2D eigenvalue weighted by Crippen LogP contribution is 2.40. The van der Waals surface area contributed by atoms with E-state index in [0.29, 0.717) is 0 Å². The summed E-state index contributed by atoms with van der Waals surface area (Å²) in [6.07, 6.45) is 2.84. The first kappa shape index (κ1) is 8.23. The molecule has 0 aromatic carbocycles. The average Bonchev–Trinajstić information content (AvgIpc) is 1.67. The topological polar surface area (TPSA) is 17.1 Å². The van der Waals surface area contributed by atoms with Gasteiger partial charge in [-0.1, -0.05) is 13.8 Å². The van der Waals surface area contributed by atoms with Gasteiger partial charge in [0.1, 0.15) is 0 Å². The molecule has 2 heteroatoms. The third kappa shape index (κ3) is 3.26. The van der Waals surface area contributed by atoms with E-state index >= 15 is 0 Å². The molecule has 8 heavy (non-hydrogen) atoms. The Bertz CT molecular complexity index is 98.7. The molecule has 0 aromatic rings. The minimum Gasteiger partial charge on any atom is -0.324 e. The van der Waals surface area contributed by atoms with Crippen molar-refractivity contribution in [2.75, 3.05) is 19.0 Å². The van der Waals surface area contributed by atoms with Crippen LogP contribution >= 0.6 is 7.14 Å². The Morgan fingerprint density at radius 2 is 1.88 bits per heavy atom. The van der Waals surface area contributed by atoms with E-state index < -0.39 is 7.14 Å². The summed E-state index contributed by atoms with van der Waals surface area (Å²) in [7, 11) is -1.67. The fraction of sp³-hybridized carbons (Fsp3) is 1.00. The molecule has 50 valence electrons. The van der Waals surface area contributed by atoms with Crippen LogP contribution in [0.15, 0.2) is 0 Å². The Kier molecular flexibility index (Phi) is 3.39. The fourth-order valence-corrected chi connectivity index (χ4v) is 1.89. The second kappa shape index (κ2) is 3.29. The second-order valence-electron chi connectivity index (χ2n) is 2.34. The molecule has 0 saturated heterocycles. The first-order valence-electron chi connectivity index (χ1n) is 3.18. The molecule has 0 rings (SSSR count). The lowest BCUT2D eigenvalue weighted by Gasteiger charge is -2.05. The molecular weight excluding hydrogens is 119 g/mol. The monoisotopic (exact) mass is 134 g/mol. The van der Waals surface area contributed by atoms with Crippen molar-refractivity contribution in [3.63, 3.8) is 0 Å². The standard InChI is InChI=1S/C6H15OP/c1-4-6-8(3,7)5-2/h4-6H2,1-3H3. The van der Waals surface area contributed by atoms with Gasteiger partial charge in [-0.15, -0.1) is 0 Å². The summed E-state index contributed by atoms with van der Waals surface area (Å²) in [6, 6.07) is 0. The van der Waals surface area contributed by atoms with Gasteiger partial charge in [0.2, 0.25) is 0 Å². The highest BCUT2D eigenvalue weighted by molar-refractivity contribution is 7.63. The van der Waals surface area contributed by atoms with Gasteiger partial charge in [-0.25, -0.2) is 0 Å². The van der Waals surface area contributed by atoms with E-state index in [0.717, 1.165) is 18.7 Å². The lowest BCUT2D eigenvalue weighted by atomic mass is 10.6. The summed E-state index contributed by atoms with van der Waals surface area (Å²) in [6.45, 7) is 5.96. The van der Waals surface area contributed by atoms with Crippen LogP contribution < -0.4 is 0 Å². The molecule has 0 saturated carbocycles. The highest BCUT2D eigenvalue weighted by Gasteiger charge is 2.08. The summed E-state index contributed by atoms with van der Waals surface area (Å²) >= 11 is 0. The smallest absolute Gasteiger partial charge is 0.0845 e. The predicted octanol–water partition coefficient (Wildman–Crippen LogP) is 2.41. The van der Waals surface area contributed by atoms with Gasteiger partial charge in [-0.05, 0) is 19.2 Å². The zero-order chi connectivity index (χ0) is 6.62. The number of rotatable bonds is 3. The van der Waals surface area contributed by atoms with Crippen LogP contribution in [0.25, 0.3) is 0 Å². The van der Waals surface area contributed by atoms with Gasteiger partial charge in [0.25, 0.3) is 0 Å². The molecule has 0 heterocycles. The van der Waals surface area contributed by atoms with Gasteiger partial charge in [0.15, 0.2) is 0 Å². The summed E-state index contributed by atoms with van der Waals surface area (Å²) in [5, 5.41) is 0. The van der Waals surface area contributed by atoms with Crippen LogP contribution in [-0.2, 0) is 4.57 Å². The first-order chi connectivity index (χ1) is 3.62. The molecule has 1 nitrogen and oxygen atoms in total. The first-order valence-corrected chi connectivity index (χ1v) is 5.70. The second-order valence-corrected chi connectivity index (χ2v) is 6.01. The Morgan fingerprint density at radius 3 is 2.00 bits per heavy atom. The van der Waals surface area contributed by atoms with Crippen molar-refractivity contribution >= 4 is 7.14 Å². The van der Waals surface area contributed by atoms with Crippen LogP contribution in [-0.4, -0.2) is 19.0 Å². The van der Waals surface area contributed by atoms with Crippen molar-refractivity contribution in [2.24, 2.45) is 0 Å². The van der Waals surface area contributed by atoms with Crippen LogP contribution in [0.5, 0.6) is 0 Å². The summed E-state index contributed by atoms with van der Waals surface area (Å²) in [5.74, 6) is 0. The molecule has 0 spiro atoms. The Balaban J connectivity index is 3.55. The maximum atomic E-state index is 11.2. The average molecular weight is 134 g/mol. The van der Waals surface area contributed by atoms with Crippen LogP contribution in [0.3, 0.4) is 0 Å². The van der Waals surface area contributed by atoms with Gasteiger partial charge < -0.3 is 4.57 Å².